The molecule has 1 aliphatic heterocycles. The third-order valence-electron chi connectivity index (χ3n) is 4.30. The summed E-state index contributed by atoms with van der Waals surface area (Å²) >= 11 is 3.55. The molecule has 2 N–H and O–H groups in total. The van der Waals surface area contributed by atoms with Crippen molar-refractivity contribution in [3.63, 3.8) is 0 Å². The van der Waals surface area contributed by atoms with Crippen molar-refractivity contribution in [3.8, 4) is 0 Å². The topological polar surface area (TPSA) is 52.6 Å². The van der Waals surface area contributed by atoms with Gasteiger partial charge in [0.1, 0.15) is 0 Å². The highest BCUT2D eigenvalue weighted by Crippen LogP contribution is 2.24. The van der Waals surface area contributed by atoms with E-state index in [1.54, 1.807) is 11.3 Å². The Labute approximate surface area is 158 Å². The molecule has 1 aliphatic rings. The fourth-order valence-corrected chi connectivity index (χ4v) is 4.47. The molecular formula is C18H27N5S2. The Morgan fingerprint density at radius 3 is 2.80 bits per heavy atom. The fourth-order valence-electron chi connectivity index (χ4n) is 2.95. The first-order valence-corrected chi connectivity index (χ1v) is 10.8. The third-order valence-corrected chi connectivity index (χ3v) is 6.27. The van der Waals surface area contributed by atoms with Gasteiger partial charge in [-0.15, -0.1) is 22.7 Å². The number of aromatic nitrogens is 1. The Hall–Kier alpha value is -1.60. The lowest BCUT2D eigenvalue weighted by molar-refractivity contribution is 0.463. The van der Waals surface area contributed by atoms with Crippen LogP contribution in [0.3, 0.4) is 0 Å². The number of hydrogen-bond acceptors (Lipinski definition) is 5. The molecular weight excluding hydrogens is 350 g/mol. The lowest BCUT2D eigenvalue weighted by atomic mass is 10.1. The van der Waals surface area contributed by atoms with Gasteiger partial charge in [-0.2, -0.15) is 0 Å². The highest BCUT2D eigenvalue weighted by molar-refractivity contribution is 7.14. The van der Waals surface area contributed by atoms with Gasteiger partial charge in [-0.05, 0) is 43.7 Å². The summed E-state index contributed by atoms with van der Waals surface area (Å²) in [5.74, 6) is 0.906. The Bertz CT molecular complexity index is 657. The molecule has 25 heavy (non-hydrogen) atoms. The molecule has 1 saturated heterocycles. The number of anilines is 1. The summed E-state index contributed by atoms with van der Waals surface area (Å²) in [5, 5.41) is 13.8. The number of piperidine rings is 1. The molecule has 0 saturated carbocycles. The van der Waals surface area contributed by atoms with Crippen LogP contribution in [0.4, 0.5) is 5.00 Å². The van der Waals surface area contributed by atoms with Crippen molar-refractivity contribution in [2.24, 2.45) is 4.99 Å². The minimum atomic E-state index is 0.482. The van der Waals surface area contributed by atoms with Gasteiger partial charge in [0, 0.05) is 31.1 Å². The maximum Gasteiger partial charge on any atom is 0.191 e. The minimum Gasteiger partial charge on any atom is -0.363 e. The fraction of sp³-hybridized carbons (Fsp3) is 0.556. The quantitative estimate of drug-likeness (QED) is 0.598. The molecule has 0 unspecified atom stereocenters. The maximum absolute atomic E-state index is 4.72. The molecule has 0 aliphatic carbocycles. The first-order valence-electron chi connectivity index (χ1n) is 9.05. The number of nitrogens with one attached hydrogen (secondary N) is 2. The van der Waals surface area contributed by atoms with Crippen molar-refractivity contribution in [1.82, 2.24) is 15.6 Å². The van der Waals surface area contributed by atoms with Gasteiger partial charge in [-0.25, -0.2) is 9.98 Å². The average Bonchev–Trinajstić information content (AvgIpc) is 3.32. The van der Waals surface area contributed by atoms with Crippen LogP contribution in [-0.2, 0) is 13.0 Å². The summed E-state index contributed by atoms with van der Waals surface area (Å²) < 4.78 is 0. The van der Waals surface area contributed by atoms with Crippen LogP contribution in [0.2, 0.25) is 0 Å². The standard InChI is InChI=1S/C18H27N5S2/c1-3-16-21-15(13-25-16)12-20-18(19-4-2)22-14-7-9-23(10-8-14)17-6-5-11-24-17/h5-6,11,13-14H,3-4,7-10,12H2,1-2H3,(H2,19,20,22). The van der Waals surface area contributed by atoms with Gasteiger partial charge in [0.15, 0.2) is 5.96 Å². The third kappa shape index (κ3) is 5.19. The van der Waals surface area contributed by atoms with Gasteiger partial charge >= 0.3 is 0 Å². The minimum absolute atomic E-state index is 0.482. The number of aliphatic imine (C=N–C) groups is 1. The summed E-state index contributed by atoms with van der Waals surface area (Å²) in [6.07, 6.45) is 3.27. The van der Waals surface area contributed by atoms with Crippen LogP contribution in [0.1, 0.15) is 37.4 Å². The molecule has 0 radical (unpaired) electrons. The van der Waals surface area contributed by atoms with Gasteiger partial charge in [-0.3, -0.25) is 0 Å². The van der Waals surface area contributed by atoms with Gasteiger partial charge in [0.05, 0.1) is 22.2 Å². The summed E-state index contributed by atoms with van der Waals surface area (Å²) in [6, 6.07) is 4.82. The van der Waals surface area contributed by atoms with E-state index in [1.807, 2.05) is 11.3 Å². The Morgan fingerprint density at radius 2 is 2.16 bits per heavy atom. The molecule has 0 spiro atoms. The number of aryl methyl sites for hydroxylation is 1. The van der Waals surface area contributed by atoms with Gasteiger partial charge in [0.2, 0.25) is 0 Å². The van der Waals surface area contributed by atoms with Crippen molar-refractivity contribution >= 4 is 33.6 Å². The van der Waals surface area contributed by atoms with E-state index in [-0.39, 0.29) is 0 Å². The van der Waals surface area contributed by atoms with E-state index in [0.29, 0.717) is 12.6 Å². The van der Waals surface area contributed by atoms with Crippen molar-refractivity contribution in [3.05, 3.63) is 33.6 Å². The van der Waals surface area contributed by atoms with Crippen molar-refractivity contribution in [2.45, 2.75) is 45.7 Å². The van der Waals surface area contributed by atoms with E-state index in [9.17, 15) is 0 Å². The zero-order valence-corrected chi connectivity index (χ0v) is 16.6. The number of guanidine groups is 1. The van der Waals surface area contributed by atoms with Crippen molar-refractivity contribution in [1.29, 1.82) is 0 Å². The monoisotopic (exact) mass is 377 g/mol. The SMILES string of the molecule is CCNC(=NCc1csc(CC)n1)NC1CCN(c2cccs2)CC1. The molecule has 0 bridgehead atoms. The second-order valence-corrected chi connectivity index (χ2v) is 8.01. The average molecular weight is 378 g/mol. The summed E-state index contributed by atoms with van der Waals surface area (Å²) in [7, 11) is 0. The normalized spacial score (nSPS) is 16.2. The van der Waals surface area contributed by atoms with Gasteiger partial charge < -0.3 is 15.5 Å². The second-order valence-electron chi connectivity index (χ2n) is 6.14. The molecule has 2 aromatic rings. The van der Waals surface area contributed by atoms with Crippen LogP contribution < -0.4 is 15.5 Å². The number of thiazole rings is 1. The zero-order chi connectivity index (χ0) is 17.5. The predicted molar refractivity (Wildman–Crippen MR) is 109 cm³/mol. The number of nitrogens with zero attached hydrogens (tertiary/aromatic N) is 3. The molecule has 2 aromatic heterocycles. The highest BCUT2D eigenvalue weighted by Gasteiger charge is 2.20. The highest BCUT2D eigenvalue weighted by atomic mass is 32.1. The Balaban J connectivity index is 1.52. The first kappa shape index (κ1) is 18.2. The predicted octanol–water partition coefficient (Wildman–Crippen LogP) is 3.49. The summed E-state index contributed by atoms with van der Waals surface area (Å²) in [6.45, 7) is 7.96. The molecule has 3 rings (SSSR count). The van der Waals surface area contributed by atoms with Crippen LogP contribution in [0.5, 0.6) is 0 Å². The molecule has 0 aromatic carbocycles. The summed E-state index contributed by atoms with van der Waals surface area (Å²) in [5.41, 5.74) is 1.06. The van der Waals surface area contributed by atoms with Crippen LogP contribution in [0, 0.1) is 0 Å². The maximum atomic E-state index is 4.72. The first-order chi connectivity index (χ1) is 12.3. The van der Waals surface area contributed by atoms with Crippen molar-refractivity contribution in [2.75, 3.05) is 24.5 Å². The largest absolute Gasteiger partial charge is 0.363 e. The van der Waals surface area contributed by atoms with Crippen molar-refractivity contribution < 1.29 is 0 Å². The van der Waals surface area contributed by atoms with Gasteiger partial charge in [-0.1, -0.05) is 6.92 Å². The van der Waals surface area contributed by atoms with Crippen LogP contribution in [0.25, 0.3) is 0 Å². The Kier molecular flexibility index (Phi) is 6.69. The lowest BCUT2D eigenvalue weighted by Crippen LogP contribution is -2.48. The Morgan fingerprint density at radius 1 is 1.32 bits per heavy atom. The van der Waals surface area contributed by atoms with Gasteiger partial charge in [0.25, 0.3) is 0 Å². The molecule has 3 heterocycles. The van der Waals surface area contributed by atoms with E-state index >= 15 is 0 Å². The van der Waals surface area contributed by atoms with E-state index in [2.05, 4.69) is 57.3 Å². The van der Waals surface area contributed by atoms with Crippen LogP contribution >= 0.6 is 22.7 Å². The lowest BCUT2D eigenvalue weighted by Gasteiger charge is -2.33. The molecule has 0 atom stereocenters. The van der Waals surface area contributed by atoms with E-state index in [0.717, 1.165) is 50.6 Å². The van der Waals surface area contributed by atoms with E-state index < -0.39 is 0 Å². The molecule has 7 heteroatoms. The van der Waals surface area contributed by atoms with E-state index in [4.69, 9.17) is 4.99 Å². The molecule has 136 valence electrons. The van der Waals surface area contributed by atoms with E-state index in [1.165, 1.54) is 10.0 Å². The summed E-state index contributed by atoms with van der Waals surface area (Å²) in [4.78, 5) is 11.8. The molecule has 5 nitrogen and oxygen atoms in total. The zero-order valence-electron chi connectivity index (χ0n) is 15.0. The van der Waals surface area contributed by atoms with Crippen LogP contribution in [-0.4, -0.2) is 36.6 Å². The molecule has 1 fully saturated rings. The smallest absolute Gasteiger partial charge is 0.191 e. The number of rotatable bonds is 6. The number of hydrogen-bond donors (Lipinski definition) is 2. The second kappa shape index (κ2) is 9.20. The molecule has 0 amide bonds. The number of thiophene rings is 1. The van der Waals surface area contributed by atoms with Crippen LogP contribution in [0.15, 0.2) is 27.9 Å².